The molecule has 0 N–H and O–H groups in total. The molecule has 2 heterocycles. The van der Waals surface area contributed by atoms with Crippen molar-refractivity contribution in [3.8, 4) is 5.75 Å². The van der Waals surface area contributed by atoms with Crippen molar-refractivity contribution in [1.82, 2.24) is 4.90 Å². The van der Waals surface area contributed by atoms with Gasteiger partial charge < -0.3 is 9.64 Å². The van der Waals surface area contributed by atoms with Gasteiger partial charge in [-0.3, -0.25) is 14.5 Å². The summed E-state index contributed by atoms with van der Waals surface area (Å²) < 4.78 is 5.55. The Morgan fingerprint density at radius 3 is 2.45 bits per heavy atom. The van der Waals surface area contributed by atoms with Crippen LogP contribution < -0.4 is 9.64 Å². The third kappa shape index (κ3) is 6.46. The molecule has 0 aromatic heterocycles. The molecule has 5 rings (SSSR count). The highest BCUT2D eigenvalue weighted by atomic mass is 35.5. The van der Waals surface area contributed by atoms with E-state index in [2.05, 4.69) is 47.4 Å². The molecule has 0 spiro atoms. The first kappa shape index (κ1) is 27.9. The van der Waals surface area contributed by atoms with E-state index in [-0.39, 0.29) is 24.1 Å². The van der Waals surface area contributed by atoms with Gasteiger partial charge in [0.1, 0.15) is 5.75 Å². The van der Waals surface area contributed by atoms with E-state index in [4.69, 9.17) is 4.74 Å². The number of methoxy groups -OCH3 is 1. The zero-order chi connectivity index (χ0) is 25.6. The lowest BCUT2D eigenvalue weighted by atomic mass is 9.94. The maximum atomic E-state index is 13.1. The second-order valence-corrected chi connectivity index (χ2v) is 10.1. The highest BCUT2D eigenvalue weighted by molar-refractivity contribution is 6.02. The highest BCUT2D eigenvalue weighted by Gasteiger charge is 2.31. The van der Waals surface area contributed by atoms with Crippen LogP contribution in [0.5, 0.6) is 5.75 Å². The third-order valence-electron chi connectivity index (χ3n) is 7.64. The molecule has 38 heavy (non-hydrogen) atoms. The van der Waals surface area contributed by atoms with Gasteiger partial charge in [-0.25, -0.2) is 0 Å². The number of para-hydroxylation sites is 1. The van der Waals surface area contributed by atoms with E-state index in [0.29, 0.717) is 12.8 Å². The fraction of sp³-hybridized carbons (Fsp3) is 0.375. The van der Waals surface area contributed by atoms with Crippen LogP contribution in [0.4, 0.5) is 5.69 Å². The zero-order valence-electron chi connectivity index (χ0n) is 22.2. The minimum atomic E-state index is 0. The summed E-state index contributed by atoms with van der Waals surface area (Å²) in [7, 11) is 1.73. The van der Waals surface area contributed by atoms with E-state index in [0.717, 1.165) is 75.3 Å². The lowest BCUT2D eigenvalue weighted by molar-refractivity contribution is -0.118. The van der Waals surface area contributed by atoms with Gasteiger partial charge in [0.05, 0.1) is 12.8 Å². The van der Waals surface area contributed by atoms with Gasteiger partial charge in [-0.15, -0.1) is 12.4 Å². The number of benzene rings is 3. The summed E-state index contributed by atoms with van der Waals surface area (Å²) in [5.74, 6) is 1.38. The summed E-state index contributed by atoms with van der Waals surface area (Å²) in [5, 5.41) is 0. The molecule has 0 aliphatic carbocycles. The molecule has 0 bridgehead atoms. The summed E-state index contributed by atoms with van der Waals surface area (Å²) in [6.07, 6.45) is 5.49. The molecular formula is C32H37ClN2O3. The fourth-order valence-electron chi connectivity index (χ4n) is 5.68. The maximum Gasteiger partial charge on any atom is 0.227 e. The number of nitrogens with zero attached hydrogens (tertiary/aromatic N) is 2. The first-order valence-corrected chi connectivity index (χ1v) is 13.5. The van der Waals surface area contributed by atoms with Crippen molar-refractivity contribution in [2.45, 2.75) is 51.5 Å². The summed E-state index contributed by atoms with van der Waals surface area (Å²) >= 11 is 0. The smallest absolute Gasteiger partial charge is 0.227 e. The van der Waals surface area contributed by atoms with Crippen molar-refractivity contribution in [3.05, 3.63) is 94.5 Å². The van der Waals surface area contributed by atoms with Crippen molar-refractivity contribution in [1.29, 1.82) is 0 Å². The molecule has 0 saturated carbocycles. The number of hydrogen-bond acceptors (Lipinski definition) is 4. The molecule has 0 radical (unpaired) electrons. The molecule has 3 aromatic carbocycles. The highest BCUT2D eigenvalue weighted by Crippen LogP contribution is 2.37. The molecule has 200 valence electrons. The van der Waals surface area contributed by atoms with Crippen molar-refractivity contribution >= 4 is 29.8 Å². The van der Waals surface area contributed by atoms with E-state index in [1.165, 1.54) is 22.3 Å². The van der Waals surface area contributed by atoms with Crippen LogP contribution in [0, 0.1) is 0 Å². The molecule has 5 nitrogen and oxygen atoms in total. The molecule has 0 saturated heterocycles. The van der Waals surface area contributed by atoms with Crippen molar-refractivity contribution in [3.63, 3.8) is 0 Å². The Bertz CT molecular complexity index is 1260. The van der Waals surface area contributed by atoms with Crippen LogP contribution in [0.15, 0.2) is 66.7 Å². The summed E-state index contributed by atoms with van der Waals surface area (Å²) in [6.45, 7) is 3.54. The van der Waals surface area contributed by atoms with E-state index >= 15 is 0 Å². The van der Waals surface area contributed by atoms with Crippen LogP contribution in [-0.2, 0) is 30.6 Å². The molecule has 1 amide bonds. The normalized spacial score (nSPS) is 13.8. The van der Waals surface area contributed by atoms with E-state index < -0.39 is 0 Å². The Balaban J connectivity index is 0.00000336. The zero-order valence-corrected chi connectivity index (χ0v) is 23.0. The topological polar surface area (TPSA) is 49.9 Å². The van der Waals surface area contributed by atoms with Crippen LogP contribution in [0.2, 0.25) is 0 Å². The molecular weight excluding hydrogens is 496 g/mol. The Morgan fingerprint density at radius 2 is 1.66 bits per heavy atom. The number of hydrogen-bond donors (Lipinski definition) is 0. The Morgan fingerprint density at radius 1 is 0.921 bits per heavy atom. The molecule has 6 heteroatoms. The lowest BCUT2D eigenvalue weighted by Crippen LogP contribution is -2.32. The number of aryl methyl sites for hydroxylation is 1. The van der Waals surface area contributed by atoms with Crippen LogP contribution >= 0.6 is 12.4 Å². The third-order valence-corrected chi connectivity index (χ3v) is 7.64. The molecule has 3 aromatic rings. The largest absolute Gasteiger partial charge is 0.496 e. The maximum absolute atomic E-state index is 13.1. The molecule has 0 unspecified atom stereocenters. The number of amides is 1. The standard InChI is InChI=1S/C32H36N2O3.ClH/c1-37-30-13-6-5-11-25(30)16-19-33(23-24-9-3-2-4-10-24)18-8-7-12-29(35)28-21-26-14-15-31(36)34-20-17-27(22-28)32(26)34;/h2-6,9-11,13,21-22H,7-8,12,14-20,23H2,1H3;1H. The van der Waals surface area contributed by atoms with E-state index in [1.807, 2.05) is 29.2 Å². The van der Waals surface area contributed by atoms with E-state index in [9.17, 15) is 9.59 Å². The summed E-state index contributed by atoms with van der Waals surface area (Å²) in [4.78, 5) is 29.7. The predicted molar refractivity (Wildman–Crippen MR) is 155 cm³/mol. The van der Waals surface area contributed by atoms with Gasteiger partial charge in [-0.1, -0.05) is 48.5 Å². The minimum Gasteiger partial charge on any atom is -0.496 e. The van der Waals surface area contributed by atoms with Crippen LogP contribution in [0.25, 0.3) is 0 Å². The van der Waals surface area contributed by atoms with Crippen molar-refractivity contribution < 1.29 is 14.3 Å². The number of unbranched alkanes of at least 4 members (excludes halogenated alkanes) is 1. The number of Topliss-reactive ketones (excluding diaryl/α,β-unsaturated/α-hetero) is 1. The van der Waals surface area contributed by atoms with Gasteiger partial charge in [0.15, 0.2) is 5.78 Å². The van der Waals surface area contributed by atoms with Gasteiger partial charge in [0, 0.05) is 38.0 Å². The lowest BCUT2D eigenvalue weighted by Gasteiger charge is -2.25. The predicted octanol–water partition coefficient (Wildman–Crippen LogP) is 6.05. The van der Waals surface area contributed by atoms with Gasteiger partial charge >= 0.3 is 0 Å². The monoisotopic (exact) mass is 532 g/mol. The first-order valence-electron chi connectivity index (χ1n) is 13.5. The van der Waals surface area contributed by atoms with E-state index in [1.54, 1.807) is 7.11 Å². The number of carbonyl (C=O) groups is 2. The number of halogens is 1. The molecule has 0 fully saturated rings. The Labute approximate surface area is 232 Å². The summed E-state index contributed by atoms with van der Waals surface area (Å²) in [5.41, 5.74) is 6.77. The van der Waals surface area contributed by atoms with Crippen LogP contribution in [-0.4, -0.2) is 43.3 Å². The number of anilines is 1. The first-order chi connectivity index (χ1) is 18.1. The van der Waals surface area contributed by atoms with Crippen LogP contribution in [0.3, 0.4) is 0 Å². The Kier molecular flexibility index (Phi) is 9.59. The number of ketones is 1. The average Bonchev–Trinajstić information content (AvgIpc) is 3.37. The average molecular weight is 533 g/mol. The summed E-state index contributed by atoms with van der Waals surface area (Å²) in [6, 6.07) is 22.9. The SMILES string of the molecule is COc1ccccc1CCN(CCCCC(=O)c1cc2c3c(c1)CCN3C(=O)CC2)Cc1ccccc1.Cl. The second-order valence-electron chi connectivity index (χ2n) is 10.1. The molecule has 2 aliphatic rings. The fourth-order valence-corrected chi connectivity index (χ4v) is 5.68. The quantitative estimate of drug-likeness (QED) is 0.210. The van der Waals surface area contributed by atoms with Gasteiger partial charge in [0.2, 0.25) is 5.91 Å². The number of carbonyl (C=O) groups excluding carboxylic acids is 2. The molecule has 0 atom stereocenters. The minimum absolute atomic E-state index is 0. The second kappa shape index (κ2) is 13.1. The van der Waals surface area contributed by atoms with Crippen molar-refractivity contribution in [2.75, 3.05) is 31.6 Å². The van der Waals surface area contributed by atoms with Gasteiger partial charge in [0.25, 0.3) is 0 Å². The van der Waals surface area contributed by atoms with Crippen LogP contribution in [0.1, 0.15) is 58.3 Å². The Hall–Kier alpha value is -3.15. The van der Waals surface area contributed by atoms with Crippen molar-refractivity contribution in [2.24, 2.45) is 0 Å². The molecule has 2 aliphatic heterocycles. The number of rotatable bonds is 12. The van der Waals surface area contributed by atoms with Gasteiger partial charge in [-0.2, -0.15) is 0 Å². The number of ether oxygens (including phenoxy) is 1. The van der Waals surface area contributed by atoms with Gasteiger partial charge in [-0.05, 0) is 79.1 Å².